The first-order valence-corrected chi connectivity index (χ1v) is 9.93. The summed E-state index contributed by atoms with van der Waals surface area (Å²) in [6, 6.07) is 16.1. The molecule has 0 bridgehead atoms. The third-order valence-electron chi connectivity index (χ3n) is 4.52. The standard InChI is InChI=1S/C20H16N2O5S/c23-20(24)18-13-22(19-4-2-1-3-17(18)19)28(25,26)16-7-5-14(6-8-16)27-15-9-11-21-12-10-15/h1-12,18H,13H2,(H,23,24). The third-order valence-corrected chi connectivity index (χ3v) is 6.32. The zero-order chi connectivity index (χ0) is 19.7. The van der Waals surface area contributed by atoms with E-state index in [9.17, 15) is 18.3 Å². The summed E-state index contributed by atoms with van der Waals surface area (Å²) in [5.41, 5.74) is 0.892. The molecule has 0 spiro atoms. The molecule has 1 atom stereocenters. The fraction of sp³-hybridized carbons (Fsp3) is 0.100. The van der Waals surface area contributed by atoms with Crippen LogP contribution in [0.25, 0.3) is 0 Å². The fourth-order valence-corrected chi connectivity index (χ4v) is 4.66. The van der Waals surface area contributed by atoms with Crippen LogP contribution in [0, 0.1) is 0 Å². The number of aromatic nitrogens is 1. The zero-order valence-corrected chi connectivity index (χ0v) is 15.4. The smallest absolute Gasteiger partial charge is 0.312 e. The van der Waals surface area contributed by atoms with E-state index in [2.05, 4.69) is 4.98 Å². The molecule has 0 saturated carbocycles. The van der Waals surface area contributed by atoms with Crippen LogP contribution in [-0.2, 0) is 14.8 Å². The van der Waals surface area contributed by atoms with Gasteiger partial charge in [-0.1, -0.05) is 18.2 Å². The van der Waals surface area contributed by atoms with Crippen molar-refractivity contribution < 1.29 is 23.1 Å². The van der Waals surface area contributed by atoms with Crippen molar-refractivity contribution in [3.63, 3.8) is 0 Å². The summed E-state index contributed by atoms with van der Waals surface area (Å²) in [4.78, 5) is 15.5. The molecule has 7 nitrogen and oxygen atoms in total. The highest BCUT2D eigenvalue weighted by atomic mass is 32.2. The number of fused-ring (bicyclic) bond motifs is 1. The van der Waals surface area contributed by atoms with Crippen LogP contribution in [0.15, 0.2) is 78.0 Å². The van der Waals surface area contributed by atoms with Gasteiger partial charge in [0, 0.05) is 12.4 Å². The molecule has 1 aliphatic heterocycles. The van der Waals surface area contributed by atoms with E-state index in [0.717, 1.165) is 4.31 Å². The number of para-hydroxylation sites is 1. The lowest BCUT2D eigenvalue weighted by molar-refractivity contribution is -0.138. The number of sulfonamides is 1. The van der Waals surface area contributed by atoms with Crippen LogP contribution in [0.3, 0.4) is 0 Å². The van der Waals surface area contributed by atoms with Gasteiger partial charge in [0.2, 0.25) is 0 Å². The molecular formula is C20H16N2O5S. The number of aliphatic carboxylic acids is 1. The van der Waals surface area contributed by atoms with Crippen molar-refractivity contribution in [2.75, 3.05) is 10.8 Å². The van der Waals surface area contributed by atoms with E-state index >= 15 is 0 Å². The Labute approximate surface area is 161 Å². The summed E-state index contributed by atoms with van der Waals surface area (Å²) in [5.74, 6) is -0.870. The van der Waals surface area contributed by atoms with Crippen molar-refractivity contribution in [3.8, 4) is 11.5 Å². The number of carboxylic acids is 1. The molecule has 1 aliphatic rings. The predicted octanol–water partition coefficient (Wildman–Crippen LogP) is 3.25. The number of benzene rings is 2. The molecule has 2 heterocycles. The molecule has 28 heavy (non-hydrogen) atoms. The Morgan fingerprint density at radius 2 is 1.64 bits per heavy atom. The minimum atomic E-state index is -3.90. The molecule has 142 valence electrons. The maximum absolute atomic E-state index is 13.1. The highest BCUT2D eigenvalue weighted by Crippen LogP contribution is 2.39. The molecule has 0 fully saturated rings. The Morgan fingerprint density at radius 1 is 1.00 bits per heavy atom. The lowest BCUT2D eigenvalue weighted by atomic mass is 10.0. The molecule has 4 rings (SSSR count). The van der Waals surface area contributed by atoms with Crippen LogP contribution in [0.2, 0.25) is 0 Å². The van der Waals surface area contributed by atoms with Crippen molar-refractivity contribution >= 4 is 21.7 Å². The number of anilines is 1. The lowest BCUT2D eigenvalue weighted by Crippen LogP contribution is -2.31. The Hall–Kier alpha value is -3.39. The van der Waals surface area contributed by atoms with E-state index in [1.807, 2.05) is 0 Å². The van der Waals surface area contributed by atoms with Gasteiger partial charge < -0.3 is 9.84 Å². The molecule has 0 radical (unpaired) electrons. The Morgan fingerprint density at radius 3 is 2.32 bits per heavy atom. The fourth-order valence-electron chi connectivity index (χ4n) is 3.16. The summed E-state index contributed by atoms with van der Waals surface area (Å²) in [7, 11) is -3.90. The van der Waals surface area contributed by atoms with Gasteiger partial charge in [-0.05, 0) is 48.0 Å². The Kier molecular flexibility index (Phi) is 4.48. The highest BCUT2D eigenvalue weighted by molar-refractivity contribution is 7.92. The van der Waals surface area contributed by atoms with Crippen LogP contribution < -0.4 is 9.04 Å². The summed E-state index contributed by atoms with van der Waals surface area (Å²) in [6.45, 7) is -0.133. The molecule has 0 saturated heterocycles. The van der Waals surface area contributed by atoms with Crippen LogP contribution in [0.5, 0.6) is 11.5 Å². The summed E-state index contributed by atoms with van der Waals surface area (Å²) in [5, 5.41) is 9.45. The average Bonchev–Trinajstić information content (AvgIpc) is 3.10. The predicted molar refractivity (Wildman–Crippen MR) is 102 cm³/mol. The van der Waals surface area contributed by atoms with E-state index in [-0.39, 0.29) is 11.4 Å². The van der Waals surface area contributed by atoms with Crippen LogP contribution >= 0.6 is 0 Å². The minimum absolute atomic E-state index is 0.0652. The topological polar surface area (TPSA) is 96.8 Å². The largest absolute Gasteiger partial charge is 0.481 e. The quantitative estimate of drug-likeness (QED) is 0.711. The number of rotatable bonds is 5. The summed E-state index contributed by atoms with van der Waals surface area (Å²) >= 11 is 0. The van der Waals surface area contributed by atoms with Crippen molar-refractivity contribution in [3.05, 3.63) is 78.6 Å². The molecular weight excluding hydrogens is 380 g/mol. The van der Waals surface area contributed by atoms with Crippen LogP contribution in [0.1, 0.15) is 11.5 Å². The van der Waals surface area contributed by atoms with Crippen LogP contribution in [-0.4, -0.2) is 31.0 Å². The van der Waals surface area contributed by atoms with Gasteiger partial charge in [0.05, 0.1) is 17.1 Å². The van der Waals surface area contributed by atoms with Gasteiger partial charge >= 0.3 is 5.97 Å². The molecule has 8 heteroatoms. The molecule has 1 aromatic heterocycles. The molecule has 3 aromatic rings. The Balaban J connectivity index is 1.63. The van der Waals surface area contributed by atoms with Crippen molar-refractivity contribution in [1.29, 1.82) is 0 Å². The van der Waals surface area contributed by atoms with Gasteiger partial charge in [-0.2, -0.15) is 0 Å². The van der Waals surface area contributed by atoms with Gasteiger partial charge in [0.25, 0.3) is 10.0 Å². The molecule has 0 amide bonds. The first-order valence-electron chi connectivity index (χ1n) is 8.49. The van der Waals surface area contributed by atoms with Gasteiger partial charge in [0.15, 0.2) is 0 Å². The number of pyridine rings is 1. The van der Waals surface area contributed by atoms with E-state index in [0.29, 0.717) is 22.7 Å². The summed E-state index contributed by atoms with van der Waals surface area (Å²) in [6.07, 6.45) is 3.19. The maximum atomic E-state index is 13.1. The Bertz CT molecular complexity index is 1110. The van der Waals surface area contributed by atoms with Crippen molar-refractivity contribution in [2.45, 2.75) is 10.8 Å². The zero-order valence-electron chi connectivity index (χ0n) is 14.6. The van der Waals surface area contributed by atoms with Crippen molar-refractivity contribution in [1.82, 2.24) is 4.98 Å². The van der Waals surface area contributed by atoms with E-state index < -0.39 is 21.9 Å². The number of carbonyl (C=O) groups is 1. The van der Waals surface area contributed by atoms with Crippen LogP contribution in [0.4, 0.5) is 5.69 Å². The third kappa shape index (κ3) is 3.18. The number of ether oxygens (including phenoxy) is 1. The van der Waals surface area contributed by atoms with Gasteiger partial charge in [-0.15, -0.1) is 0 Å². The monoisotopic (exact) mass is 396 g/mol. The number of hydrogen-bond donors (Lipinski definition) is 1. The molecule has 2 aromatic carbocycles. The second-order valence-electron chi connectivity index (χ2n) is 6.24. The minimum Gasteiger partial charge on any atom is -0.481 e. The number of nitrogens with zero attached hydrogens (tertiary/aromatic N) is 2. The second-order valence-corrected chi connectivity index (χ2v) is 8.10. The number of carboxylic acid groups (broad SMARTS) is 1. The maximum Gasteiger partial charge on any atom is 0.312 e. The highest BCUT2D eigenvalue weighted by Gasteiger charge is 2.39. The molecule has 0 aliphatic carbocycles. The van der Waals surface area contributed by atoms with E-state index in [1.165, 1.54) is 12.1 Å². The van der Waals surface area contributed by atoms with Gasteiger partial charge in [-0.3, -0.25) is 14.1 Å². The number of hydrogen-bond acceptors (Lipinski definition) is 5. The average molecular weight is 396 g/mol. The normalized spacial score (nSPS) is 15.9. The van der Waals surface area contributed by atoms with Crippen molar-refractivity contribution in [2.24, 2.45) is 0 Å². The first kappa shape index (κ1) is 18.0. The molecule has 1 N–H and O–H groups in total. The summed E-state index contributed by atoms with van der Waals surface area (Å²) < 4.78 is 33.0. The van der Waals surface area contributed by atoms with E-state index in [4.69, 9.17) is 4.74 Å². The SMILES string of the molecule is O=C(O)C1CN(S(=O)(=O)c2ccc(Oc3ccncc3)cc2)c2ccccc21. The van der Waals surface area contributed by atoms with Gasteiger partial charge in [-0.25, -0.2) is 8.42 Å². The van der Waals surface area contributed by atoms with E-state index in [1.54, 1.807) is 60.9 Å². The molecule has 1 unspecified atom stereocenters. The lowest BCUT2D eigenvalue weighted by Gasteiger charge is -2.20. The van der Waals surface area contributed by atoms with Gasteiger partial charge in [0.1, 0.15) is 17.4 Å². The first-order chi connectivity index (χ1) is 13.5. The second kappa shape index (κ2) is 6.97.